The number of carbonyl (C=O) groups excluding carboxylic acids is 1. The topological polar surface area (TPSA) is 32.3 Å². The van der Waals surface area contributed by atoms with E-state index in [9.17, 15) is 4.79 Å². The van der Waals surface area contributed by atoms with Gasteiger partial charge in [0.25, 0.3) is 0 Å². The maximum absolute atomic E-state index is 11.3. The Morgan fingerprint density at radius 1 is 1.55 bits per heavy atom. The summed E-state index contributed by atoms with van der Waals surface area (Å²) in [5, 5.41) is 3.18. The molecule has 0 saturated carbocycles. The van der Waals surface area contributed by atoms with Crippen LogP contribution in [0.2, 0.25) is 0 Å². The van der Waals surface area contributed by atoms with Gasteiger partial charge in [0, 0.05) is 19.6 Å². The molecule has 2 bridgehead atoms. The van der Waals surface area contributed by atoms with Crippen molar-refractivity contribution in [3.8, 4) is 0 Å². The van der Waals surface area contributed by atoms with Gasteiger partial charge in [0.05, 0.1) is 6.54 Å². The fourth-order valence-corrected chi connectivity index (χ4v) is 1.95. The average molecular weight is 154 g/mol. The van der Waals surface area contributed by atoms with Crippen LogP contribution in [0.15, 0.2) is 0 Å². The van der Waals surface area contributed by atoms with Gasteiger partial charge in [-0.1, -0.05) is 0 Å². The van der Waals surface area contributed by atoms with E-state index in [1.54, 1.807) is 0 Å². The number of hydrogen-bond acceptors (Lipinski definition) is 2. The predicted molar refractivity (Wildman–Crippen MR) is 42.2 cm³/mol. The Balaban J connectivity index is 2.07. The van der Waals surface area contributed by atoms with Crippen molar-refractivity contribution in [2.24, 2.45) is 5.92 Å². The molecule has 2 rings (SSSR count). The highest BCUT2D eigenvalue weighted by molar-refractivity contribution is 5.78. The lowest BCUT2D eigenvalue weighted by Gasteiger charge is -2.29. The molecule has 2 aliphatic rings. The maximum atomic E-state index is 11.3. The summed E-state index contributed by atoms with van der Waals surface area (Å²) in [4.78, 5) is 13.3. The first kappa shape index (κ1) is 7.10. The number of hydrogen-bond donors (Lipinski definition) is 1. The van der Waals surface area contributed by atoms with Crippen molar-refractivity contribution in [3.63, 3.8) is 0 Å². The molecule has 11 heavy (non-hydrogen) atoms. The van der Waals surface area contributed by atoms with Crippen molar-refractivity contribution < 1.29 is 4.79 Å². The van der Waals surface area contributed by atoms with E-state index < -0.39 is 0 Å². The van der Waals surface area contributed by atoms with Crippen LogP contribution in [0, 0.1) is 5.92 Å². The molecular formula is C8H14N2O. The first-order valence-electron chi connectivity index (χ1n) is 4.35. The molecule has 3 nitrogen and oxygen atoms in total. The van der Waals surface area contributed by atoms with Gasteiger partial charge >= 0.3 is 0 Å². The van der Waals surface area contributed by atoms with Crippen molar-refractivity contribution in [1.29, 1.82) is 0 Å². The molecule has 2 saturated heterocycles. The molecule has 1 N–H and O–H groups in total. The highest BCUT2D eigenvalue weighted by Crippen LogP contribution is 2.17. The molecule has 0 aromatic rings. The quantitative estimate of drug-likeness (QED) is 0.525. The van der Waals surface area contributed by atoms with Crippen LogP contribution in [0.4, 0.5) is 0 Å². The van der Waals surface area contributed by atoms with Crippen LogP contribution < -0.4 is 5.32 Å². The monoisotopic (exact) mass is 154 g/mol. The Morgan fingerprint density at radius 3 is 3.36 bits per heavy atom. The van der Waals surface area contributed by atoms with E-state index in [0.29, 0.717) is 6.54 Å². The van der Waals surface area contributed by atoms with Gasteiger partial charge in [0.2, 0.25) is 5.91 Å². The van der Waals surface area contributed by atoms with Crippen LogP contribution in [-0.2, 0) is 4.79 Å². The minimum absolute atomic E-state index is 0.284. The minimum atomic E-state index is 0.284. The van der Waals surface area contributed by atoms with Crippen LogP contribution >= 0.6 is 0 Å². The molecule has 0 radical (unpaired) electrons. The second-order valence-electron chi connectivity index (χ2n) is 3.48. The lowest BCUT2D eigenvalue weighted by molar-refractivity contribution is -0.130. The molecule has 0 unspecified atom stereocenters. The Labute approximate surface area is 66.8 Å². The third-order valence-corrected chi connectivity index (χ3v) is 2.58. The first-order valence-corrected chi connectivity index (χ1v) is 4.35. The smallest absolute Gasteiger partial charge is 0.236 e. The summed E-state index contributed by atoms with van der Waals surface area (Å²) in [6, 6.07) is 0. The molecule has 1 amide bonds. The van der Waals surface area contributed by atoms with E-state index in [1.807, 2.05) is 4.90 Å². The average Bonchev–Trinajstić information content (AvgIpc) is 2.14. The van der Waals surface area contributed by atoms with Crippen molar-refractivity contribution in [2.45, 2.75) is 12.8 Å². The highest BCUT2D eigenvalue weighted by Gasteiger charge is 2.25. The summed E-state index contributed by atoms with van der Waals surface area (Å²) in [5.74, 6) is 1.00. The number of fused-ring (bicyclic) bond motifs is 2. The summed E-state index contributed by atoms with van der Waals surface area (Å²) < 4.78 is 0. The van der Waals surface area contributed by atoms with Gasteiger partial charge in [-0.3, -0.25) is 4.79 Å². The van der Waals surface area contributed by atoms with Gasteiger partial charge in [-0.05, 0) is 18.8 Å². The number of amides is 1. The maximum Gasteiger partial charge on any atom is 0.236 e. The number of nitrogens with one attached hydrogen (secondary N) is 1. The molecule has 0 aromatic heterocycles. The normalized spacial score (nSPS) is 31.8. The predicted octanol–water partition coefficient (Wildman–Crippen LogP) is -0.172. The zero-order valence-corrected chi connectivity index (χ0v) is 6.68. The van der Waals surface area contributed by atoms with Crippen molar-refractivity contribution in [2.75, 3.05) is 26.2 Å². The second-order valence-corrected chi connectivity index (χ2v) is 3.48. The Hall–Kier alpha value is -0.570. The van der Waals surface area contributed by atoms with Gasteiger partial charge < -0.3 is 10.2 Å². The molecule has 3 heteroatoms. The van der Waals surface area contributed by atoms with E-state index in [1.165, 1.54) is 12.8 Å². The molecule has 2 heterocycles. The Bertz CT molecular complexity index is 169. The van der Waals surface area contributed by atoms with Crippen LogP contribution in [0.1, 0.15) is 12.8 Å². The van der Waals surface area contributed by atoms with E-state index in [0.717, 1.165) is 25.6 Å². The third-order valence-electron chi connectivity index (χ3n) is 2.58. The summed E-state index contributed by atoms with van der Waals surface area (Å²) in [6.07, 6.45) is 2.48. The van der Waals surface area contributed by atoms with Crippen LogP contribution in [0.5, 0.6) is 0 Å². The van der Waals surface area contributed by atoms with E-state index in [2.05, 4.69) is 5.32 Å². The fraction of sp³-hybridized carbons (Fsp3) is 0.875. The Morgan fingerprint density at radius 2 is 2.45 bits per heavy atom. The van der Waals surface area contributed by atoms with Crippen molar-refractivity contribution in [3.05, 3.63) is 0 Å². The standard InChI is InChI=1S/C8H14N2O/c11-8-5-9-4-7-2-1-3-10(8)6-7/h7,9H,1-6H2/t7-/m0/s1. The molecule has 2 fully saturated rings. The second kappa shape index (κ2) is 2.81. The zero-order valence-electron chi connectivity index (χ0n) is 6.68. The molecular weight excluding hydrogens is 140 g/mol. The lowest BCUT2D eigenvalue weighted by atomic mass is 9.99. The SMILES string of the molecule is O=C1CNC[C@@H]2CCCN1C2. The lowest BCUT2D eigenvalue weighted by Crippen LogP contribution is -2.39. The Kier molecular flexibility index (Phi) is 1.82. The summed E-state index contributed by atoms with van der Waals surface area (Å²) in [6.45, 7) is 3.56. The molecule has 2 aliphatic heterocycles. The zero-order chi connectivity index (χ0) is 7.68. The van der Waals surface area contributed by atoms with Crippen LogP contribution in [0.25, 0.3) is 0 Å². The molecule has 1 atom stereocenters. The van der Waals surface area contributed by atoms with Gasteiger partial charge in [-0.15, -0.1) is 0 Å². The van der Waals surface area contributed by atoms with Gasteiger partial charge in [0.1, 0.15) is 0 Å². The van der Waals surface area contributed by atoms with Gasteiger partial charge in [0.15, 0.2) is 0 Å². The van der Waals surface area contributed by atoms with E-state index >= 15 is 0 Å². The van der Waals surface area contributed by atoms with E-state index in [4.69, 9.17) is 0 Å². The molecule has 0 spiro atoms. The number of rotatable bonds is 0. The number of nitrogens with zero attached hydrogens (tertiary/aromatic N) is 1. The van der Waals surface area contributed by atoms with Crippen LogP contribution in [-0.4, -0.2) is 37.0 Å². The summed E-state index contributed by atoms with van der Waals surface area (Å²) in [7, 11) is 0. The fourth-order valence-electron chi connectivity index (χ4n) is 1.95. The third kappa shape index (κ3) is 1.38. The summed E-state index contributed by atoms with van der Waals surface area (Å²) in [5.41, 5.74) is 0. The molecule has 0 aromatic carbocycles. The highest BCUT2D eigenvalue weighted by atomic mass is 16.2. The van der Waals surface area contributed by atoms with Gasteiger partial charge in [-0.25, -0.2) is 0 Å². The number of piperidine rings is 1. The van der Waals surface area contributed by atoms with Gasteiger partial charge in [-0.2, -0.15) is 0 Å². The summed E-state index contributed by atoms with van der Waals surface area (Å²) >= 11 is 0. The molecule has 62 valence electrons. The minimum Gasteiger partial charge on any atom is -0.341 e. The van der Waals surface area contributed by atoms with Crippen molar-refractivity contribution in [1.82, 2.24) is 10.2 Å². The molecule has 0 aliphatic carbocycles. The number of carbonyl (C=O) groups is 1. The van der Waals surface area contributed by atoms with Crippen molar-refractivity contribution >= 4 is 5.91 Å². The first-order chi connectivity index (χ1) is 5.36. The van der Waals surface area contributed by atoms with Crippen LogP contribution in [0.3, 0.4) is 0 Å². The van der Waals surface area contributed by atoms with E-state index in [-0.39, 0.29) is 5.91 Å². The largest absolute Gasteiger partial charge is 0.341 e.